The zero-order valence-corrected chi connectivity index (χ0v) is 14.2. The molecule has 0 aliphatic rings. The van der Waals surface area contributed by atoms with Gasteiger partial charge < -0.3 is 13.8 Å². The van der Waals surface area contributed by atoms with E-state index in [1.165, 1.54) is 11.4 Å². The minimum absolute atomic E-state index is 0.0182. The first kappa shape index (κ1) is 18.4. The van der Waals surface area contributed by atoms with Crippen LogP contribution in [0.5, 0.6) is 0 Å². The van der Waals surface area contributed by atoms with Gasteiger partial charge in [0.2, 0.25) is 5.69 Å². The Labute approximate surface area is 119 Å². The van der Waals surface area contributed by atoms with Gasteiger partial charge in [0.15, 0.2) is 0 Å². The smallest absolute Gasteiger partial charge is 0.306 e. The zero-order chi connectivity index (χ0) is 14.2. The minimum Gasteiger partial charge on any atom is -0.466 e. The van der Waals surface area contributed by atoms with Crippen molar-refractivity contribution in [2.75, 3.05) is 12.4 Å². The van der Waals surface area contributed by atoms with Gasteiger partial charge in [0, 0.05) is 5.75 Å². The SMILES string of the molecule is CCOC(=O)CCSP(=S)(OC(C)C)OC(C)C. The summed E-state index contributed by atoms with van der Waals surface area (Å²) in [5.74, 6) is 0.357. The topological polar surface area (TPSA) is 44.8 Å². The molecule has 0 saturated heterocycles. The number of hydrogen-bond acceptors (Lipinski definition) is 6. The number of esters is 1. The van der Waals surface area contributed by atoms with Crippen molar-refractivity contribution < 1.29 is 18.6 Å². The Morgan fingerprint density at radius 3 is 2.11 bits per heavy atom. The number of carbonyl (C=O) groups is 1. The molecule has 0 atom stereocenters. The Balaban J connectivity index is 4.25. The van der Waals surface area contributed by atoms with E-state index in [1.54, 1.807) is 6.92 Å². The number of carbonyl (C=O) groups excluding carboxylic acids is 1. The van der Waals surface area contributed by atoms with Crippen LogP contribution in [0.25, 0.3) is 0 Å². The average molecular weight is 314 g/mol. The molecule has 0 amide bonds. The molecule has 0 heterocycles. The first-order chi connectivity index (χ1) is 8.29. The summed E-state index contributed by atoms with van der Waals surface area (Å²) in [5.41, 5.74) is -2.36. The fourth-order valence-corrected chi connectivity index (χ4v) is 6.81. The lowest BCUT2D eigenvalue weighted by Gasteiger charge is -2.25. The Hall–Kier alpha value is 0.390. The summed E-state index contributed by atoms with van der Waals surface area (Å²) >= 11 is 6.86. The highest BCUT2D eigenvalue weighted by Gasteiger charge is 2.23. The van der Waals surface area contributed by atoms with Crippen LogP contribution in [0.15, 0.2) is 0 Å². The summed E-state index contributed by atoms with van der Waals surface area (Å²) < 4.78 is 16.3. The van der Waals surface area contributed by atoms with E-state index in [0.29, 0.717) is 18.8 Å². The molecule has 0 aliphatic heterocycles. The van der Waals surface area contributed by atoms with Gasteiger partial charge in [-0.3, -0.25) is 4.79 Å². The zero-order valence-electron chi connectivity index (χ0n) is 11.7. The van der Waals surface area contributed by atoms with Crippen molar-refractivity contribution in [2.24, 2.45) is 0 Å². The predicted octanol–water partition coefficient (Wildman–Crippen LogP) is 3.75. The molecule has 0 aromatic carbocycles. The summed E-state index contributed by atoms with van der Waals surface area (Å²) in [5, 5.41) is 0. The van der Waals surface area contributed by atoms with Crippen molar-refractivity contribution >= 4 is 34.9 Å². The first-order valence-corrected chi connectivity index (χ1v) is 10.3. The van der Waals surface area contributed by atoms with Crippen LogP contribution < -0.4 is 0 Å². The number of ether oxygens (including phenoxy) is 1. The van der Waals surface area contributed by atoms with Crippen molar-refractivity contribution in [3.8, 4) is 0 Å². The Kier molecular flexibility index (Phi) is 9.52. The van der Waals surface area contributed by atoms with Gasteiger partial charge in [-0.15, -0.1) is 0 Å². The molecule has 0 fully saturated rings. The largest absolute Gasteiger partial charge is 0.466 e. The van der Waals surface area contributed by atoms with Gasteiger partial charge in [-0.2, -0.15) is 0 Å². The van der Waals surface area contributed by atoms with Crippen molar-refractivity contribution in [3.05, 3.63) is 0 Å². The Morgan fingerprint density at radius 1 is 1.22 bits per heavy atom. The lowest BCUT2D eigenvalue weighted by molar-refractivity contribution is -0.142. The standard InChI is InChI=1S/C11H23O4PS2/c1-6-13-11(12)7-8-18-16(17,14-9(2)3)15-10(4)5/h9-10H,6-8H2,1-5H3. The number of rotatable bonds is 9. The van der Waals surface area contributed by atoms with Gasteiger partial charge in [-0.25, -0.2) is 0 Å². The summed E-state index contributed by atoms with van der Waals surface area (Å²) in [6, 6.07) is 0. The maximum atomic E-state index is 11.2. The predicted molar refractivity (Wildman–Crippen MR) is 80.4 cm³/mol. The van der Waals surface area contributed by atoms with Crippen molar-refractivity contribution in [3.63, 3.8) is 0 Å². The third-order valence-corrected chi connectivity index (χ3v) is 7.08. The van der Waals surface area contributed by atoms with E-state index in [-0.39, 0.29) is 18.2 Å². The highest BCUT2D eigenvalue weighted by molar-refractivity contribution is 8.67. The van der Waals surface area contributed by atoms with Crippen molar-refractivity contribution in [1.29, 1.82) is 0 Å². The first-order valence-electron chi connectivity index (χ1n) is 6.06. The van der Waals surface area contributed by atoms with Crippen LogP contribution in [0.3, 0.4) is 0 Å². The van der Waals surface area contributed by atoms with E-state index in [4.69, 9.17) is 25.6 Å². The van der Waals surface area contributed by atoms with E-state index in [1.807, 2.05) is 27.7 Å². The summed E-state index contributed by atoms with van der Waals surface area (Å²) in [7, 11) is 0. The molecular formula is C11H23O4PS2. The second-order valence-corrected chi connectivity index (χ2v) is 10.5. The lowest BCUT2D eigenvalue weighted by atomic mass is 10.5. The molecule has 18 heavy (non-hydrogen) atoms. The molecule has 4 nitrogen and oxygen atoms in total. The van der Waals surface area contributed by atoms with Gasteiger partial charge >= 0.3 is 5.97 Å². The summed E-state index contributed by atoms with van der Waals surface area (Å²) in [6.45, 7) is 9.91. The van der Waals surface area contributed by atoms with Gasteiger partial charge in [0.25, 0.3) is 0 Å². The molecule has 0 saturated carbocycles. The van der Waals surface area contributed by atoms with Crippen LogP contribution in [-0.2, 0) is 30.4 Å². The summed E-state index contributed by atoms with van der Waals surface area (Å²) in [6.07, 6.45) is 0.370. The van der Waals surface area contributed by atoms with Crippen LogP contribution in [0.4, 0.5) is 0 Å². The highest BCUT2D eigenvalue weighted by atomic mass is 32.9. The highest BCUT2D eigenvalue weighted by Crippen LogP contribution is 2.62. The normalized spacial score (nSPS) is 12.2. The average Bonchev–Trinajstić information content (AvgIpc) is 2.14. The molecule has 0 spiro atoms. The Morgan fingerprint density at radius 2 is 1.72 bits per heavy atom. The molecule has 0 aromatic rings. The van der Waals surface area contributed by atoms with Crippen molar-refractivity contribution in [2.45, 2.75) is 53.2 Å². The lowest BCUT2D eigenvalue weighted by Crippen LogP contribution is -2.08. The molecule has 0 rings (SSSR count). The second-order valence-electron chi connectivity index (χ2n) is 4.14. The van der Waals surface area contributed by atoms with Crippen molar-refractivity contribution in [1.82, 2.24) is 0 Å². The quantitative estimate of drug-likeness (QED) is 0.477. The molecule has 0 bridgehead atoms. The maximum Gasteiger partial charge on any atom is 0.306 e. The van der Waals surface area contributed by atoms with Gasteiger partial charge in [-0.1, -0.05) is 11.4 Å². The van der Waals surface area contributed by atoms with Gasteiger partial charge in [0.05, 0.1) is 25.2 Å². The molecule has 0 aromatic heterocycles. The maximum absolute atomic E-state index is 11.2. The van der Waals surface area contributed by atoms with Gasteiger partial charge in [-0.05, 0) is 46.4 Å². The number of hydrogen-bond donors (Lipinski definition) is 0. The fraction of sp³-hybridized carbons (Fsp3) is 0.909. The van der Waals surface area contributed by atoms with Gasteiger partial charge in [0.1, 0.15) is 0 Å². The van der Waals surface area contributed by atoms with Crippen LogP contribution in [0.2, 0.25) is 0 Å². The molecule has 0 radical (unpaired) electrons. The molecule has 7 heteroatoms. The molecule has 0 N–H and O–H groups in total. The van der Waals surface area contributed by atoms with E-state index < -0.39 is 5.69 Å². The van der Waals surface area contributed by atoms with Crippen LogP contribution >= 0.6 is 17.1 Å². The van der Waals surface area contributed by atoms with E-state index in [0.717, 1.165) is 0 Å². The Bertz CT molecular complexity index is 281. The minimum atomic E-state index is -2.36. The molecular weight excluding hydrogens is 291 g/mol. The third kappa shape index (κ3) is 9.34. The van der Waals surface area contributed by atoms with Crippen LogP contribution in [0, 0.1) is 0 Å². The fourth-order valence-electron chi connectivity index (χ4n) is 1.08. The third-order valence-electron chi connectivity index (χ3n) is 1.54. The van der Waals surface area contributed by atoms with E-state index >= 15 is 0 Å². The second kappa shape index (κ2) is 9.32. The monoisotopic (exact) mass is 314 g/mol. The molecule has 0 unspecified atom stereocenters. The van der Waals surface area contributed by atoms with E-state index in [9.17, 15) is 4.79 Å². The van der Waals surface area contributed by atoms with Crippen LogP contribution in [0.1, 0.15) is 41.0 Å². The summed E-state index contributed by atoms with van der Waals surface area (Å²) in [4.78, 5) is 11.2. The van der Waals surface area contributed by atoms with Crippen LogP contribution in [-0.4, -0.2) is 30.5 Å². The molecule has 0 aliphatic carbocycles. The van der Waals surface area contributed by atoms with E-state index in [2.05, 4.69) is 0 Å². The molecule has 108 valence electrons.